The lowest BCUT2D eigenvalue weighted by atomic mass is 9.67. The van der Waals surface area contributed by atoms with E-state index in [0.717, 1.165) is 19.3 Å². The fourth-order valence-corrected chi connectivity index (χ4v) is 5.85. The molecule has 1 spiro atoms. The van der Waals surface area contributed by atoms with Gasteiger partial charge in [-0.2, -0.15) is 0 Å². The van der Waals surface area contributed by atoms with Gasteiger partial charge < -0.3 is 5.11 Å². The average Bonchev–Trinajstić information content (AvgIpc) is 3.14. The molecule has 4 rings (SSSR count). The number of hydrazine groups is 1. The molecule has 1 heterocycles. The minimum absolute atomic E-state index is 0.00791. The van der Waals surface area contributed by atoms with Crippen LogP contribution in [0.5, 0.6) is 0 Å². The molecule has 3 fully saturated rings. The highest BCUT2D eigenvalue weighted by molar-refractivity contribution is 6.06. The van der Waals surface area contributed by atoms with E-state index in [-0.39, 0.29) is 23.8 Å². The highest BCUT2D eigenvalue weighted by Gasteiger charge is 2.75. The van der Waals surface area contributed by atoms with Gasteiger partial charge in [0.15, 0.2) is 0 Å². The van der Waals surface area contributed by atoms with Crippen molar-refractivity contribution in [3.63, 3.8) is 0 Å². The van der Waals surface area contributed by atoms with Gasteiger partial charge in [0.2, 0.25) is 0 Å². The summed E-state index contributed by atoms with van der Waals surface area (Å²) < 4.78 is 0. The van der Waals surface area contributed by atoms with Crippen LogP contribution in [0.1, 0.15) is 46.5 Å². The second-order valence-electron chi connectivity index (χ2n) is 9.05. The predicted molar refractivity (Wildman–Crippen MR) is 104 cm³/mol. The van der Waals surface area contributed by atoms with E-state index in [2.05, 4.69) is 20.4 Å². The summed E-state index contributed by atoms with van der Waals surface area (Å²) in [6, 6.07) is 9.10. The van der Waals surface area contributed by atoms with E-state index in [1.807, 2.05) is 30.3 Å². The molecular weight excluding hydrogens is 340 g/mol. The molecule has 0 unspecified atom stereocenters. The Balaban J connectivity index is 1.86. The molecule has 1 saturated heterocycles. The Morgan fingerprint density at radius 1 is 1.37 bits per heavy atom. The Bertz CT molecular complexity index is 801. The van der Waals surface area contributed by atoms with Crippen LogP contribution in [0.25, 0.3) is 0 Å². The van der Waals surface area contributed by atoms with Crippen molar-refractivity contribution in [1.29, 1.82) is 0 Å². The van der Waals surface area contributed by atoms with Gasteiger partial charge in [-0.3, -0.25) is 9.59 Å². The lowest BCUT2D eigenvalue weighted by molar-refractivity contribution is -0.152. The van der Waals surface area contributed by atoms with Gasteiger partial charge in [0.1, 0.15) is 5.60 Å². The highest BCUT2D eigenvalue weighted by Crippen LogP contribution is 2.70. The van der Waals surface area contributed by atoms with E-state index in [1.165, 1.54) is 11.9 Å². The molecule has 1 aromatic carbocycles. The first kappa shape index (κ1) is 18.2. The minimum atomic E-state index is -1.59. The second kappa shape index (κ2) is 5.68. The molecule has 144 valence electrons. The number of hydrogen-bond donors (Lipinski definition) is 1. The third kappa shape index (κ3) is 2.15. The summed E-state index contributed by atoms with van der Waals surface area (Å²) in [4.78, 5) is 27.3. The van der Waals surface area contributed by atoms with Crippen molar-refractivity contribution in [2.75, 3.05) is 5.01 Å². The molecule has 2 saturated carbocycles. The number of rotatable bonds is 4. The number of carbonyl (C=O) groups excluding carboxylic acids is 2. The first-order chi connectivity index (χ1) is 12.7. The Morgan fingerprint density at radius 3 is 2.63 bits per heavy atom. The number of benzene rings is 1. The van der Waals surface area contributed by atoms with Gasteiger partial charge >= 0.3 is 0 Å². The molecule has 27 heavy (non-hydrogen) atoms. The minimum Gasteiger partial charge on any atom is -0.380 e. The van der Waals surface area contributed by atoms with E-state index in [9.17, 15) is 14.7 Å². The topological polar surface area (TPSA) is 60.9 Å². The van der Waals surface area contributed by atoms with Gasteiger partial charge in [-0.1, -0.05) is 38.1 Å². The first-order valence-corrected chi connectivity index (χ1v) is 9.75. The highest BCUT2D eigenvalue weighted by atomic mass is 16.3. The van der Waals surface area contributed by atoms with Gasteiger partial charge in [0, 0.05) is 6.42 Å². The Hall–Kier alpha value is -2.14. The molecule has 5 heteroatoms. The second-order valence-corrected chi connectivity index (χ2v) is 9.05. The number of nitrogens with zero attached hydrogens (tertiary/aromatic N) is 2. The molecule has 0 aromatic heterocycles. The Morgan fingerprint density at radius 2 is 2.04 bits per heavy atom. The van der Waals surface area contributed by atoms with Crippen LogP contribution in [0.15, 0.2) is 43.0 Å². The summed E-state index contributed by atoms with van der Waals surface area (Å²) in [7, 11) is 0. The maximum absolute atomic E-state index is 13.8. The van der Waals surface area contributed by atoms with Crippen LogP contribution in [0.2, 0.25) is 0 Å². The summed E-state index contributed by atoms with van der Waals surface area (Å²) >= 11 is 0. The Labute approximate surface area is 160 Å². The van der Waals surface area contributed by atoms with Crippen LogP contribution in [0, 0.1) is 16.7 Å². The number of anilines is 1. The number of para-hydroxylation sites is 1. The smallest absolute Gasteiger partial charge is 0.273 e. The van der Waals surface area contributed by atoms with Gasteiger partial charge in [-0.25, -0.2) is 10.0 Å². The molecular formula is C22H28N2O3. The standard InChI is InChI=1S/C22H28N2O3/c1-5-12-21(4,27)18(25)24-17-14-15-11-13-22(17,20(15,2)3)19(26)23(24)16-9-7-6-8-10-16/h5-10,15,17,27H,1,11-14H2,2-4H3/t15-,17+,21+,22+/m1/s1. The van der Waals surface area contributed by atoms with Crippen LogP contribution in [-0.4, -0.2) is 33.6 Å². The maximum Gasteiger partial charge on any atom is 0.273 e. The van der Waals surface area contributed by atoms with Crippen molar-refractivity contribution in [2.45, 2.75) is 58.1 Å². The first-order valence-electron chi connectivity index (χ1n) is 9.75. The van der Waals surface area contributed by atoms with Crippen molar-refractivity contribution >= 4 is 17.5 Å². The maximum atomic E-state index is 13.8. The fraction of sp³-hybridized carbons (Fsp3) is 0.545. The van der Waals surface area contributed by atoms with Crippen LogP contribution in [-0.2, 0) is 9.59 Å². The number of carbonyl (C=O) groups is 2. The molecule has 1 N–H and O–H groups in total. The lowest BCUT2D eigenvalue weighted by Gasteiger charge is -2.37. The van der Waals surface area contributed by atoms with Crippen molar-refractivity contribution in [3.05, 3.63) is 43.0 Å². The zero-order valence-electron chi connectivity index (χ0n) is 16.3. The zero-order chi connectivity index (χ0) is 19.6. The van der Waals surface area contributed by atoms with Gasteiger partial charge in [-0.05, 0) is 49.7 Å². The lowest BCUT2D eigenvalue weighted by Crippen LogP contribution is -2.55. The van der Waals surface area contributed by atoms with Crippen LogP contribution in [0.4, 0.5) is 5.69 Å². The summed E-state index contributed by atoms with van der Waals surface area (Å²) in [6.07, 6.45) is 4.31. The summed E-state index contributed by atoms with van der Waals surface area (Å²) in [5, 5.41) is 13.9. The molecule has 1 aliphatic heterocycles. The number of amides is 2. The number of fused-ring (bicyclic) bond motifs is 1. The Kier molecular flexibility index (Phi) is 3.83. The molecule has 4 atom stereocenters. The third-order valence-electron chi connectivity index (χ3n) is 7.43. The molecule has 2 amide bonds. The SMILES string of the molecule is C=CC[C@](C)(O)C(=O)N1[C@H]2C[C@H]3CC[C@]2(C(=O)N1c1ccccc1)C3(C)C. The monoisotopic (exact) mass is 368 g/mol. The van der Waals surface area contributed by atoms with Gasteiger partial charge in [0.05, 0.1) is 17.1 Å². The van der Waals surface area contributed by atoms with E-state index in [1.54, 1.807) is 11.1 Å². The molecule has 2 bridgehead atoms. The van der Waals surface area contributed by atoms with E-state index in [0.29, 0.717) is 11.6 Å². The van der Waals surface area contributed by atoms with Gasteiger partial charge in [-0.15, -0.1) is 6.58 Å². The molecule has 1 aromatic rings. The quantitative estimate of drug-likeness (QED) is 0.830. The summed E-state index contributed by atoms with van der Waals surface area (Å²) in [6.45, 7) is 9.51. The van der Waals surface area contributed by atoms with Crippen LogP contribution < -0.4 is 5.01 Å². The molecule has 3 aliphatic rings. The van der Waals surface area contributed by atoms with Crippen molar-refractivity contribution in [3.8, 4) is 0 Å². The van der Waals surface area contributed by atoms with Crippen LogP contribution in [0.3, 0.4) is 0 Å². The number of hydrogen-bond acceptors (Lipinski definition) is 3. The van der Waals surface area contributed by atoms with Gasteiger partial charge in [0.25, 0.3) is 11.8 Å². The predicted octanol–water partition coefficient (Wildman–Crippen LogP) is 3.30. The van der Waals surface area contributed by atoms with Crippen molar-refractivity contribution < 1.29 is 14.7 Å². The number of aliphatic hydroxyl groups is 1. The fourth-order valence-electron chi connectivity index (χ4n) is 5.85. The van der Waals surface area contributed by atoms with Crippen LogP contribution >= 0.6 is 0 Å². The van der Waals surface area contributed by atoms with E-state index < -0.39 is 16.9 Å². The van der Waals surface area contributed by atoms with Crippen molar-refractivity contribution in [2.24, 2.45) is 16.7 Å². The van der Waals surface area contributed by atoms with Crippen molar-refractivity contribution in [1.82, 2.24) is 5.01 Å². The average molecular weight is 368 g/mol. The largest absolute Gasteiger partial charge is 0.380 e. The van der Waals surface area contributed by atoms with E-state index in [4.69, 9.17) is 0 Å². The van der Waals surface area contributed by atoms with E-state index >= 15 is 0 Å². The molecule has 5 nitrogen and oxygen atoms in total. The summed E-state index contributed by atoms with van der Waals surface area (Å²) in [5.74, 6) is -0.0136. The molecule has 2 aliphatic carbocycles. The summed E-state index contributed by atoms with van der Waals surface area (Å²) in [5.41, 5.74) is -1.66. The normalized spacial score (nSPS) is 33.1. The zero-order valence-corrected chi connectivity index (χ0v) is 16.3. The molecule has 0 radical (unpaired) electrons. The third-order valence-corrected chi connectivity index (χ3v) is 7.43.